The summed E-state index contributed by atoms with van der Waals surface area (Å²) >= 11 is 0. The van der Waals surface area contributed by atoms with Gasteiger partial charge in [-0.05, 0) is 20.9 Å². The molecule has 0 spiro atoms. The van der Waals surface area contributed by atoms with Gasteiger partial charge in [-0.1, -0.05) is 6.08 Å². The molecule has 0 atom stereocenters. The minimum Gasteiger partial charge on any atom is -0.480 e. The third kappa shape index (κ3) is 3.49. The first-order valence-electron chi connectivity index (χ1n) is 5.76. The standard InChI is InChI=1S/C12H21N3O2/c1-5-10-12(17-8-11(16)14-10)9(2)15(4)7-6-13-3/h5,13H,6-8H2,1-4H3,(H,14,16). The Hall–Kier alpha value is -1.49. The van der Waals surface area contributed by atoms with Gasteiger partial charge < -0.3 is 20.3 Å². The van der Waals surface area contributed by atoms with Crippen molar-refractivity contribution in [2.24, 2.45) is 0 Å². The van der Waals surface area contributed by atoms with Gasteiger partial charge in [-0.2, -0.15) is 0 Å². The van der Waals surface area contributed by atoms with Crippen molar-refractivity contribution in [1.29, 1.82) is 0 Å². The molecule has 1 amide bonds. The summed E-state index contributed by atoms with van der Waals surface area (Å²) in [5.74, 6) is 0.651. The molecule has 0 aromatic rings. The van der Waals surface area contributed by atoms with E-state index in [0.29, 0.717) is 0 Å². The molecule has 0 unspecified atom stereocenters. The van der Waals surface area contributed by atoms with Crippen LogP contribution in [0.1, 0.15) is 13.8 Å². The number of nitrogens with one attached hydrogen (secondary N) is 2. The summed E-state index contributed by atoms with van der Waals surface area (Å²) in [6.45, 7) is 5.75. The second-order valence-electron chi connectivity index (χ2n) is 3.98. The zero-order chi connectivity index (χ0) is 12.8. The predicted octanol–water partition coefficient (Wildman–Crippen LogP) is 0.419. The van der Waals surface area contributed by atoms with E-state index in [1.54, 1.807) is 0 Å². The number of allylic oxidation sites excluding steroid dienone is 2. The first-order chi connectivity index (χ1) is 8.10. The topological polar surface area (TPSA) is 53.6 Å². The second kappa shape index (κ2) is 6.30. The first-order valence-corrected chi connectivity index (χ1v) is 5.76. The lowest BCUT2D eigenvalue weighted by Crippen LogP contribution is -2.36. The minimum absolute atomic E-state index is 0.0872. The zero-order valence-electron chi connectivity index (χ0n) is 11.0. The number of rotatable bonds is 4. The predicted molar refractivity (Wildman–Crippen MR) is 67.1 cm³/mol. The van der Waals surface area contributed by atoms with E-state index in [9.17, 15) is 4.79 Å². The fourth-order valence-corrected chi connectivity index (χ4v) is 1.58. The molecule has 0 aromatic heterocycles. The molecule has 1 fully saturated rings. The summed E-state index contributed by atoms with van der Waals surface area (Å²) in [7, 11) is 3.93. The number of ether oxygens (including phenoxy) is 1. The van der Waals surface area contributed by atoms with Crippen LogP contribution in [0.4, 0.5) is 0 Å². The maximum absolute atomic E-state index is 11.2. The van der Waals surface area contributed by atoms with Gasteiger partial charge in [0, 0.05) is 20.1 Å². The quantitative estimate of drug-likeness (QED) is 0.746. The van der Waals surface area contributed by atoms with Crippen LogP contribution in [0.25, 0.3) is 0 Å². The molecule has 17 heavy (non-hydrogen) atoms. The Morgan fingerprint density at radius 1 is 1.65 bits per heavy atom. The Kier molecular flexibility index (Phi) is 5.03. The van der Waals surface area contributed by atoms with E-state index < -0.39 is 0 Å². The highest BCUT2D eigenvalue weighted by Gasteiger charge is 2.21. The van der Waals surface area contributed by atoms with E-state index in [4.69, 9.17) is 4.74 Å². The number of morpholine rings is 1. The van der Waals surface area contributed by atoms with Crippen molar-refractivity contribution >= 4 is 5.91 Å². The summed E-state index contributed by atoms with van der Waals surface area (Å²) in [5, 5.41) is 5.90. The Bertz CT molecular complexity index is 348. The Balaban J connectivity index is 2.82. The van der Waals surface area contributed by atoms with E-state index in [1.165, 1.54) is 0 Å². The average molecular weight is 239 g/mol. The largest absolute Gasteiger partial charge is 0.480 e. The molecular weight excluding hydrogens is 218 g/mol. The van der Waals surface area contributed by atoms with E-state index in [2.05, 4.69) is 15.5 Å². The summed E-state index contributed by atoms with van der Waals surface area (Å²) in [6.07, 6.45) is 1.85. The van der Waals surface area contributed by atoms with Gasteiger partial charge in [-0.3, -0.25) is 4.79 Å². The molecule has 96 valence electrons. The molecule has 5 nitrogen and oxygen atoms in total. The smallest absolute Gasteiger partial charge is 0.262 e. The van der Waals surface area contributed by atoms with Gasteiger partial charge in [0.1, 0.15) is 0 Å². The zero-order valence-corrected chi connectivity index (χ0v) is 11.0. The molecule has 0 saturated carbocycles. The SMILES string of the molecule is CC=C1NC(=O)COC1=C(C)N(C)CCNC. The third-order valence-corrected chi connectivity index (χ3v) is 2.75. The lowest BCUT2D eigenvalue weighted by Gasteiger charge is -2.27. The van der Waals surface area contributed by atoms with Gasteiger partial charge in [0.2, 0.25) is 0 Å². The van der Waals surface area contributed by atoms with Gasteiger partial charge >= 0.3 is 0 Å². The number of hydrogen-bond donors (Lipinski definition) is 2. The van der Waals surface area contributed by atoms with Crippen molar-refractivity contribution < 1.29 is 9.53 Å². The Labute approximate surface area is 103 Å². The molecule has 1 aliphatic rings. The van der Waals surface area contributed by atoms with Gasteiger partial charge in [-0.15, -0.1) is 0 Å². The van der Waals surface area contributed by atoms with Crippen LogP contribution in [0.5, 0.6) is 0 Å². The monoisotopic (exact) mass is 239 g/mol. The van der Waals surface area contributed by atoms with Crippen LogP contribution >= 0.6 is 0 Å². The van der Waals surface area contributed by atoms with Gasteiger partial charge in [0.05, 0.1) is 11.4 Å². The van der Waals surface area contributed by atoms with Crippen molar-refractivity contribution in [2.75, 3.05) is 33.8 Å². The molecule has 1 heterocycles. The summed E-state index contributed by atoms with van der Waals surface area (Å²) in [4.78, 5) is 13.3. The van der Waals surface area contributed by atoms with Crippen molar-refractivity contribution in [1.82, 2.24) is 15.5 Å². The highest BCUT2D eigenvalue weighted by atomic mass is 16.5. The lowest BCUT2D eigenvalue weighted by atomic mass is 10.2. The normalized spacial score (nSPS) is 20.9. The van der Waals surface area contributed by atoms with Crippen molar-refractivity contribution in [3.05, 3.63) is 23.2 Å². The van der Waals surface area contributed by atoms with E-state index in [1.807, 2.05) is 34.0 Å². The van der Waals surface area contributed by atoms with E-state index in [0.717, 1.165) is 30.2 Å². The van der Waals surface area contributed by atoms with Crippen molar-refractivity contribution in [2.45, 2.75) is 13.8 Å². The third-order valence-electron chi connectivity index (χ3n) is 2.75. The van der Waals surface area contributed by atoms with Crippen LogP contribution in [-0.4, -0.2) is 44.6 Å². The van der Waals surface area contributed by atoms with Crippen LogP contribution < -0.4 is 10.6 Å². The van der Waals surface area contributed by atoms with Gasteiger partial charge in [0.25, 0.3) is 5.91 Å². The summed E-state index contributed by atoms with van der Waals surface area (Å²) in [6, 6.07) is 0. The van der Waals surface area contributed by atoms with Gasteiger partial charge in [-0.25, -0.2) is 0 Å². The van der Waals surface area contributed by atoms with E-state index >= 15 is 0 Å². The van der Waals surface area contributed by atoms with Crippen LogP contribution in [0.15, 0.2) is 23.2 Å². The maximum atomic E-state index is 11.2. The molecule has 0 bridgehead atoms. The number of carbonyl (C=O) groups excluding carboxylic acids is 1. The summed E-state index contributed by atoms with van der Waals surface area (Å²) < 4.78 is 5.49. The highest BCUT2D eigenvalue weighted by molar-refractivity contribution is 5.81. The van der Waals surface area contributed by atoms with Crippen LogP contribution in [0.2, 0.25) is 0 Å². The molecule has 2 N–H and O–H groups in total. The molecular formula is C12H21N3O2. The van der Waals surface area contributed by atoms with E-state index in [-0.39, 0.29) is 12.5 Å². The van der Waals surface area contributed by atoms with Crippen LogP contribution in [-0.2, 0) is 9.53 Å². The van der Waals surface area contributed by atoms with Crippen LogP contribution in [0, 0.1) is 0 Å². The molecule has 0 aromatic carbocycles. The number of amides is 1. The number of hydrogen-bond acceptors (Lipinski definition) is 4. The number of carbonyl (C=O) groups is 1. The molecule has 1 rings (SSSR count). The second-order valence-corrected chi connectivity index (χ2v) is 3.98. The Morgan fingerprint density at radius 2 is 2.35 bits per heavy atom. The molecule has 0 aliphatic carbocycles. The summed E-state index contributed by atoms with van der Waals surface area (Å²) in [5.41, 5.74) is 1.77. The van der Waals surface area contributed by atoms with Gasteiger partial charge in [0.15, 0.2) is 12.4 Å². The minimum atomic E-state index is -0.104. The van der Waals surface area contributed by atoms with Crippen molar-refractivity contribution in [3.63, 3.8) is 0 Å². The Morgan fingerprint density at radius 3 is 2.94 bits per heavy atom. The van der Waals surface area contributed by atoms with Crippen LogP contribution in [0.3, 0.4) is 0 Å². The highest BCUT2D eigenvalue weighted by Crippen LogP contribution is 2.19. The fraction of sp³-hybridized carbons (Fsp3) is 0.583. The molecule has 1 saturated heterocycles. The fourth-order valence-electron chi connectivity index (χ4n) is 1.58. The lowest BCUT2D eigenvalue weighted by molar-refractivity contribution is -0.125. The first kappa shape index (κ1) is 13.6. The number of likely N-dealkylation sites (N-methyl/N-ethyl adjacent to an activating group) is 2. The molecule has 5 heteroatoms. The average Bonchev–Trinajstić information content (AvgIpc) is 2.34. The number of nitrogens with zero attached hydrogens (tertiary/aromatic N) is 1. The van der Waals surface area contributed by atoms with Crippen molar-refractivity contribution in [3.8, 4) is 0 Å². The maximum Gasteiger partial charge on any atom is 0.262 e. The molecule has 0 radical (unpaired) electrons. The molecule has 1 aliphatic heterocycles.